The predicted octanol–water partition coefficient (Wildman–Crippen LogP) is 3.94. The van der Waals surface area contributed by atoms with Gasteiger partial charge in [-0.05, 0) is 30.7 Å². The molecule has 0 bridgehead atoms. The highest BCUT2D eigenvalue weighted by molar-refractivity contribution is 5.90. The first kappa shape index (κ1) is 18.5. The van der Waals surface area contributed by atoms with Crippen molar-refractivity contribution >= 4 is 17.4 Å². The van der Waals surface area contributed by atoms with Crippen LogP contribution in [0.3, 0.4) is 0 Å². The van der Waals surface area contributed by atoms with E-state index in [0.717, 1.165) is 18.7 Å². The summed E-state index contributed by atoms with van der Waals surface area (Å²) in [7, 11) is 1.98. The SMILES string of the molecule is CN(CCCNC(=O)Nc1ccccc1OC(F)F)c1ccccc1. The predicted molar refractivity (Wildman–Crippen MR) is 94.4 cm³/mol. The van der Waals surface area contributed by atoms with Gasteiger partial charge in [0.2, 0.25) is 0 Å². The number of nitrogens with zero attached hydrogens (tertiary/aromatic N) is 1. The summed E-state index contributed by atoms with van der Waals surface area (Å²) in [6.45, 7) is -1.71. The van der Waals surface area contributed by atoms with Gasteiger partial charge in [-0.25, -0.2) is 4.79 Å². The van der Waals surface area contributed by atoms with E-state index < -0.39 is 12.6 Å². The average Bonchev–Trinajstić information content (AvgIpc) is 2.60. The van der Waals surface area contributed by atoms with Gasteiger partial charge in [0.25, 0.3) is 0 Å². The summed E-state index contributed by atoms with van der Waals surface area (Å²) in [5.41, 5.74) is 1.30. The van der Waals surface area contributed by atoms with Crippen molar-refractivity contribution in [3.63, 3.8) is 0 Å². The molecule has 0 aliphatic carbocycles. The van der Waals surface area contributed by atoms with Gasteiger partial charge in [-0.2, -0.15) is 8.78 Å². The Labute approximate surface area is 145 Å². The molecule has 0 aliphatic heterocycles. The normalized spacial score (nSPS) is 10.4. The Hall–Kier alpha value is -2.83. The minimum atomic E-state index is -2.94. The van der Waals surface area contributed by atoms with E-state index in [1.165, 1.54) is 12.1 Å². The molecule has 7 heteroatoms. The van der Waals surface area contributed by atoms with Crippen molar-refractivity contribution in [3.8, 4) is 5.75 Å². The number of hydrogen-bond donors (Lipinski definition) is 2. The maximum absolute atomic E-state index is 12.3. The van der Waals surface area contributed by atoms with Crippen LogP contribution in [0.25, 0.3) is 0 Å². The van der Waals surface area contributed by atoms with E-state index in [9.17, 15) is 13.6 Å². The van der Waals surface area contributed by atoms with Gasteiger partial charge in [0, 0.05) is 25.8 Å². The van der Waals surface area contributed by atoms with Crippen molar-refractivity contribution < 1.29 is 18.3 Å². The maximum atomic E-state index is 12.3. The zero-order valence-corrected chi connectivity index (χ0v) is 13.9. The van der Waals surface area contributed by atoms with E-state index in [1.54, 1.807) is 12.1 Å². The van der Waals surface area contributed by atoms with Crippen molar-refractivity contribution in [2.24, 2.45) is 0 Å². The van der Waals surface area contributed by atoms with Crippen molar-refractivity contribution in [2.45, 2.75) is 13.0 Å². The molecular formula is C18H21F2N3O2. The van der Waals surface area contributed by atoms with Gasteiger partial charge in [-0.15, -0.1) is 0 Å². The molecule has 2 rings (SSSR count). The number of alkyl halides is 2. The first-order chi connectivity index (χ1) is 12.1. The Morgan fingerprint density at radius 2 is 1.80 bits per heavy atom. The molecule has 0 heterocycles. The zero-order valence-electron chi connectivity index (χ0n) is 13.9. The molecule has 0 aliphatic rings. The molecule has 2 N–H and O–H groups in total. The van der Waals surface area contributed by atoms with Crippen molar-refractivity contribution in [1.82, 2.24) is 5.32 Å². The van der Waals surface area contributed by atoms with Gasteiger partial charge in [0.05, 0.1) is 5.69 Å². The standard InChI is InChI=1S/C18H21F2N3O2/c1-23(14-8-3-2-4-9-14)13-7-12-21-18(24)22-15-10-5-6-11-16(15)25-17(19)20/h2-6,8-11,17H,7,12-13H2,1H3,(H2,21,22,24). The Morgan fingerprint density at radius 3 is 2.52 bits per heavy atom. The van der Waals surface area contributed by atoms with Gasteiger partial charge >= 0.3 is 12.6 Å². The number of ether oxygens (including phenoxy) is 1. The molecule has 0 saturated heterocycles. The smallest absolute Gasteiger partial charge is 0.387 e. The Morgan fingerprint density at radius 1 is 1.12 bits per heavy atom. The van der Waals surface area contributed by atoms with E-state index in [-0.39, 0.29) is 11.4 Å². The molecule has 0 spiro atoms. The fraction of sp³-hybridized carbons (Fsp3) is 0.278. The van der Waals surface area contributed by atoms with E-state index >= 15 is 0 Å². The highest BCUT2D eigenvalue weighted by Gasteiger charge is 2.11. The molecule has 0 radical (unpaired) electrons. The van der Waals surface area contributed by atoms with Crippen LogP contribution in [-0.4, -0.2) is 32.8 Å². The number of amides is 2. The van der Waals surface area contributed by atoms with Crippen LogP contribution in [0.15, 0.2) is 54.6 Å². The first-order valence-electron chi connectivity index (χ1n) is 7.91. The van der Waals surface area contributed by atoms with E-state index in [4.69, 9.17) is 0 Å². The number of carbonyl (C=O) groups is 1. The fourth-order valence-electron chi connectivity index (χ4n) is 2.26. The first-order valence-corrected chi connectivity index (χ1v) is 7.91. The highest BCUT2D eigenvalue weighted by atomic mass is 19.3. The molecule has 0 saturated carbocycles. The average molecular weight is 349 g/mol. The van der Waals surface area contributed by atoms with Crippen LogP contribution in [0.4, 0.5) is 25.0 Å². The summed E-state index contributed by atoms with van der Waals surface area (Å²) in [4.78, 5) is 14.0. The minimum absolute atomic E-state index is 0.0727. The van der Waals surface area contributed by atoms with Crippen LogP contribution >= 0.6 is 0 Å². The van der Waals surface area contributed by atoms with E-state index in [1.807, 2.05) is 37.4 Å². The van der Waals surface area contributed by atoms with Crippen molar-refractivity contribution in [3.05, 3.63) is 54.6 Å². The third-order valence-corrected chi connectivity index (χ3v) is 3.50. The summed E-state index contributed by atoms with van der Waals surface area (Å²) in [5.74, 6) is -0.0727. The van der Waals surface area contributed by atoms with Gasteiger partial charge in [0.1, 0.15) is 5.75 Å². The minimum Gasteiger partial charge on any atom is -0.433 e. The second-order valence-corrected chi connectivity index (χ2v) is 5.37. The number of rotatable bonds is 8. The molecule has 0 fully saturated rings. The zero-order chi connectivity index (χ0) is 18.1. The summed E-state index contributed by atoms with van der Waals surface area (Å²) in [5, 5.41) is 5.21. The van der Waals surface area contributed by atoms with Gasteiger partial charge in [0.15, 0.2) is 0 Å². The van der Waals surface area contributed by atoms with Crippen LogP contribution in [0.5, 0.6) is 5.75 Å². The van der Waals surface area contributed by atoms with Crippen LogP contribution in [0.2, 0.25) is 0 Å². The van der Waals surface area contributed by atoms with Crippen LogP contribution < -0.4 is 20.3 Å². The molecule has 25 heavy (non-hydrogen) atoms. The second-order valence-electron chi connectivity index (χ2n) is 5.37. The van der Waals surface area contributed by atoms with Crippen LogP contribution in [0.1, 0.15) is 6.42 Å². The molecule has 2 aromatic rings. The number of hydrogen-bond acceptors (Lipinski definition) is 3. The summed E-state index contributed by atoms with van der Waals surface area (Å²) < 4.78 is 29.1. The lowest BCUT2D eigenvalue weighted by atomic mass is 10.3. The molecular weight excluding hydrogens is 328 g/mol. The molecule has 5 nitrogen and oxygen atoms in total. The summed E-state index contributed by atoms with van der Waals surface area (Å²) in [6.07, 6.45) is 0.744. The number of halogens is 2. The van der Waals surface area contributed by atoms with Crippen LogP contribution in [-0.2, 0) is 0 Å². The number of nitrogens with one attached hydrogen (secondary N) is 2. The molecule has 2 amide bonds. The van der Waals surface area contributed by atoms with Gasteiger partial charge in [-0.1, -0.05) is 30.3 Å². The number of urea groups is 1. The third-order valence-electron chi connectivity index (χ3n) is 3.50. The van der Waals surface area contributed by atoms with Gasteiger partial charge < -0.3 is 20.3 Å². The van der Waals surface area contributed by atoms with E-state index in [2.05, 4.69) is 20.3 Å². The Balaban J connectivity index is 1.74. The Bertz CT molecular complexity index is 668. The number of benzene rings is 2. The summed E-state index contributed by atoms with van der Waals surface area (Å²) >= 11 is 0. The molecule has 0 aromatic heterocycles. The quantitative estimate of drug-likeness (QED) is 0.710. The molecule has 134 valence electrons. The lowest BCUT2D eigenvalue weighted by Gasteiger charge is -2.19. The van der Waals surface area contributed by atoms with E-state index in [0.29, 0.717) is 6.54 Å². The maximum Gasteiger partial charge on any atom is 0.387 e. The largest absolute Gasteiger partial charge is 0.433 e. The second kappa shape index (κ2) is 9.46. The molecule has 0 atom stereocenters. The lowest BCUT2D eigenvalue weighted by molar-refractivity contribution is -0.0493. The Kier molecular flexibility index (Phi) is 7.00. The number of anilines is 2. The third kappa shape index (κ3) is 6.29. The lowest BCUT2D eigenvalue weighted by Crippen LogP contribution is -2.31. The summed E-state index contributed by atoms with van der Waals surface area (Å²) in [6, 6.07) is 15.5. The number of para-hydroxylation sites is 3. The number of carbonyl (C=O) groups excluding carboxylic acids is 1. The van der Waals surface area contributed by atoms with Crippen LogP contribution in [0, 0.1) is 0 Å². The fourth-order valence-corrected chi connectivity index (χ4v) is 2.26. The topological polar surface area (TPSA) is 53.6 Å². The van der Waals surface area contributed by atoms with Gasteiger partial charge in [-0.3, -0.25) is 0 Å². The van der Waals surface area contributed by atoms with Crippen molar-refractivity contribution in [2.75, 3.05) is 30.4 Å². The highest BCUT2D eigenvalue weighted by Crippen LogP contribution is 2.25. The van der Waals surface area contributed by atoms with Crippen molar-refractivity contribution in [1.29, 1.82) is 0 Å². The molecule has 0 unspecified atom stereocenters. The monoisotopic (exact) mass is 349 g/mol. The molecule has 2 aromatic carbocycles.